The molecule has 0 saturated carbocycles. The van der Waals surface area contributed by atoms with E-state index in [0.29, 0.717) is 19.3 Å². The van der Waals surface area contributed by atoms with Crippen molar-refractivity contribution in [2.75, 3.05) is 13.2 Å². The molecule has 0 spiro atoms. The van der Waals surface area contributed by atoms with Crippen LogP contribution in [0.15, 0.2) is 12.2 Å². The minimum absolute atomic E-state index is 0.0523. The second-order valence-corrected chi connectivity index (χ2v) is 7.11. The second kappa shape index (κ2) is 12.5. The van der Waals surface area contributed by atoms with Gasteiger partial charge in [-0.15, -0.1) is 0 Å². The molecule has 2 atom stereocenters. The van der Waals surface area contributed by atoms with Crippen molar-refractivity contribution in [1.29, 1.82) is 0 Å². The number of alkyl halides is 3. The van der Waals surface area contributed by atoms with E-state index in [1.54, 1.807) is 6.92 Å². The van der Waals surface area contributed by atoms with Crippen LogP contribution in [0.5, 0.6) is 0 Å². The first-order valence-electron chi connectivity index (χ1n) is 9.65. The lowest BCUT2D eigenvalue weighted by Gasteiger charge is -2.24. The average Bonchev–Trinajstić information content (AvgIpc) is 2.65. The molecule has 0 radical (unpaired) electrons. The van der Waals surface area contributed by atoms with Gasteiger partial charge in [0.25, 0.3) is 0 Å². The minimum atomic E-state index is -3.70. The molecule has 0 aromatic rings. The Morgan fingerprint density at radius 2 is 1.45 bits per heavy atom. The molecule has 0 aliphatic carbocycles. The molecule has 0 aliphatic heterocycles. The highest BCUT2D eigenvalue weighted by atomic mass is 19.3. The van der Waals surface area contributed by atoms with Gasteiger partial charge in [0.1, 0.15) is 13.2 Å². The van der Waals surface area contributed by atoms with E-state index in [1.165, 1.54) is 6.92 Å². The number of carbonyl (C=O) groups excluding carboxylic acids is 3. The van der Waals surface area contributed by atoms with Crippen LogP contribution < -0.4 is 0 Å². The van der Waals surface area contributed by atoms with Crippen LogP contribution in [0.3, 0.4) is 0 Å². The fraction of sp³-hybridized carbons (Fsp3) is 0.750. The summed E-state index contributed by atoms with van der Waals surface area (Å²) in [5, 5.41) is 0. The van der Waals surface area contributed by atoms with Crippen LogP contribution in [0, 0.1) is 0 Å². The smallest absolute Gasteiger partial charge is 0.377 e. The summed E-state index contributed by atoms with van der Waals surface area (Å²) in [6, 6.07) is 0. The van der Waals surface area contributed by atoms with Crippen LogP contribution in [-0.2, 0) is 28.6 Å². The Balaban J connectivity index is 5.05. The highest BCUT2D eigenvalue weighted by molar-refractivity contribution is 5.87. The molecule has 0 heterocycles. The second-order valence-electron chi connectivity index (χ2n) is 7.11. The molecular formula is C20H31F3O6. The third-order valence-corrected chi connectivity index (χ3v) is 3.99. The van der Waals surface area contributed by atoms with Crippen molar-refractivity contribution in [3.8, 4) is 0 Å². The van der Waals surface area contributed by atoms with Crippen LogP contribution in [0.4, 0.5) is 13.2 Å². The van der Waals surface area contributed by atoms with Crippen LogP contribution in [-0.4, -0.2) is 48.8 Å². The normalized spacial score (nSPS) is 14.4. The summed E-state index contributed by atoms with van der Waals surface area (Å²) in [6.45, 7) is 7.89. The monoisotopic (exact) mass is 424 g/mol. The van der Waals surface area contributed by atoms with Gasteiger partial charge in [-0.25, -0.2) is 18.8 Å². The van der Waals surface area contributed by atoms with E-state index in [4.69, 9.17) is 9.47 Å². The van der Waals surface area contributed by atoms with Crippen molar-refractivity contribution in [3.05, 3.63) is 12.2 Å². The summed E-state index contributed by atoms with van der Waals surface area (Å²) in [5.41, 5.74) is -2.27. The zero-order chi connectivity index (χ0) is 22.7. The molecule has 0 aromatic carbocycles. The lowest BCUT2D eigenvalue weighted by atomic mass is 10.0. The maximum absolute atomic E-state index is 14.5. The van der Waals surface area contributed by atoms with Crippen LogP contribution in [0.25, 0.3) is 0 Å². The molecule has 29 heavy (non-hydrogen) atoms. The standard InChI is InChI=1S/C20H31F3O6/c1-6-8-10-19(5,21)17(25)29-15(12-27-16(24)14(3)4)13-28-18(26)20(22,23)11-9-7-2/h15H,3,6-13H2,1-2,4-5H3. The fourth-order valence-electron chi connectivity index (χ4n) is 2.07. The van der Waals surface area contributed by atoms with E-state index >= 15 is 0 Å². The maximum atomic E-state index is 14.5. The fourth-order valence-corrected chi connectivity index (χ4v) is 2.07. The molecule has 0 saturated heterocycles. The number of unbranched alkanes of at least 4 members (excludes halogenated alkanes) is 2. The van der Waals surface area contributed by atoms with Gasteiger partial charge in [0.15, 0.2) is 6.10 Å². The number of rotatable bonds is 14. The van der Waals surface area contributed by atoms with Gasteiger partial charge in [-0.1, -0.05) is 33.3 Å². The topological polar surface area (TPSA) is 78.9 Å². The van der Waals surface area contributed by atoms with Crippen molar-refractivity contribution in [2.24, 2.45) is 0 Å². The van der Waals surface area contributed by atoms with Crippen LogP contribution in [0.1, 0.15) is 66.2 Å². The quantitative estimate of drug-likeness (QED) is 0.235. The Morgan fingerprint density at radius 1 is 0.931 bits per heavy atom. The van der Waals surface area contributed by atoms with Gasteiger partial charge in [0, 0.05) is 12.0 Å². The third kappa shape index (κ3) is 10.3. The van der Waals surface area contributed by atoms with Gasteiger partial charge < -0.3 is 14.2 Å². The molecule has 0 rings (SSSR count). The first kappa shape index (κ1) is 26.9. The molecule has 168 valence electrons. The highest BCUT2D eigenvalue weighted by Crippen LogP contribution is 2.24. The first-order chi connectivity index (χ1) is 13.4. The van der Waals surface area contributed by atoms with E-state index in [1.807, 2.05) is 6.92 Å². The number of hydrogen-bond donors (Lipinski definition) is 0. The van der Waals surface area contributed by atoms with E-state index in [9.17, 15) is 27.6 Å². The molecule has 0 aliphatic rings. The number of halogens is 3. The Kier molecular flexibility index (Phi) is 11.6. The zero-order valence-electron chi connectivity index (χ0n) is 17.5. The molecule has 2 unspecified atom stereocenters. The SMILES string of the molecule is C=C(C)C(=O)OCC(COC(=O)C(F)(F)CCCC)OC(=O)C(C)(F)CCCC. The first-order valence-corrected chi connectivity index (χ1v) is 9.65. The maximum Gasteiger partial charge on any atom is 0.377 e. The molecule has 0 N–H and O–H groups in total. The summed E-state index contributed by atoms with van der Waals surface area (Å²) in [6.07, 6.45) is -0.561. The number of esters is 3. The van der Waals surface area contributed by atoms with E-state index < -0.39 is 55.2 Å². The Hall–Kier alpha value is -2.06. The lowest BCUT2D eigenvalue weighted by Crippen LogP contribution is -2.40. The van der Waals surface area contributed by atoms with Gasteiger partial charge in [-0.2, -0.15) is 8.78 Å². The molecule has 0 aromatic heterocycles. The summed E-state index contributed by atoms with van der Waals surface area (Å²) in [7, 11) is 0. The van der Waals surface area contributed by atoms with E-state index in [2.05, 4.69) is 11.3 Å². The Bertz CT molecular complexity index is 575. The largest absolute Gasteiger partial charge is 0.458 e. The molecule has 0 bridgehead atoms. The molecular weight excluding hydrogens is 393 g/mol. The van der Waals surface area contributed by atoms with Crippen molar-refractivity contribution >= 4 is 17.9 Å². The summed E-state index contributed by atoms with van der Waals surface area (Å²) < 4.78 is 56.2. The summed E-state index contributed by atoms with van der Waals surface area (Å²) in [4.78, 5) is 35.3. The highest BCUT2D eigenvalue weighted by Gasteiger charge is 2.41. The predicted octanol–water partition coefficient (Wildman–Crippen LogP) is 4.30. The minimum Gasteiger partial charge on any atom is -0.458 e. The van der Waals surface area contributed by atoms with E-state index in [-0.39, 0.29) is 18.4 Å². The van der Waals surface area contributed by atoms with Gasteiger partial charge in [-0.05, 0) is 33.1 Å². The van der Waals surface area contributed by atoms with Crippen molar-refractivity contribution in [1.82, 2.24) is 0 Å². The van der Waals surface area contributed by atoms with Gasteiger partial charge in [-0.3, -0.25) is 0 Å². The Labute approximate surface area is 169 Å². The molecule has 6 nitrogen and oxygen atoms in total. The van der Waals surface area contributed by atoms with Crippen LogP contribution >= 0.6 is 0 Å². The van der Waals surface area contributed by atoms with Gasteiger partial charge in [0.2, 0.25) is 5.67 Å². The zero-order valence-corrected chi connectivity index (χ0v) is 17.5. The molecule has 9 heteroatoms. The predicted molar refractivity (Wildman–Crippen MR) is 100 cm³/mol. The number of ether oxygens (including phenoxy) is 3. The van der Waals surface area contributed by atoms with Crippen molar-refractivity contribution < 1.29 is 41.8 Å². The van der Waals surface area contributed by atoms with Gasteiger partial charge >= 0.3 is 23.8 Å². The number of carbonyl (C=O) groups is 3. The van der Waals surface area contributed by atoms with Crippen molar-refractivity contribution in [2.45, 2.75) is 83.9 Å². The average molecular weight is 424 g/mol. The summed E-state index contributed by atoms with van der Waals surface area (Å²) >= 11 is 0. The van der Waals surface area contributed by atoms with Crippen LogP contribution in [0.2, 0.25) is 0 Å². The van der Waals surface area contributed by atoms with Crippen molar-refractivity contribution in [3.63, 3.8) is 0 Å². The number of hydrogen-bond acceptors (Lipinski definition) is 6. The third-order valence-electron chi connectivity index (χ3n) is 3.99. The lowest BCUT2D eigenvalue weighted by molar-refractivity contribution is -0.185. The van der Waals surface area contributed by atoms with E-state index in [0.717, 1.165) is 6.92 Å². The Morgan fingerprint density at radius 3 is 1.97 bits per heavy atom. The van der Waals surface area contributed by atoms with Gasteiger partial charge in [0.05, 0.1) is 0 Å². The summed E-state index contributed by atoms with van der Waals surface area (Å²) in [5.74, 6) is -7.56. The molecule has 0 fully saturated rings. The molecule has 0 amide bonds.